The number of fused-ring (bicyclic) bond motifs is 1. The van der Waals surface area contributed by atoms with Gasteiger partial charge in [0.2, 0.25) is 0 Å². The van der Waals surface area contributed by atoms with Gasteiger partial charge >= 0.3 is 0 Å². The van der Waals surface area contributed by atoms with Crippen molar-refractivity contribution < 1.29 is 0 Å². The van der Waals surface area contributed by atoms with E-state index in [-0.39, 0.29) is 0 Å². The van der Waals surface area contributed by atoms with Crippen LogP contribution in [-0.4, -0.2) is 32.7 Å². The summed E-state index contributed by atoms with van der Waals surface area (Å²) in [7, 11) is 0. The molecule has 4 heterocycles. The van der Waals surface area contributed by atoms with Crippen molar-refractivity contribution >= 4 is 22.8 Å². The van der Waals surface area contributed by atoms with E-state index < -0.39 is 0 Å². The van der Waals surface area contributed by atoms with Crippen LogP contribution in [0.15, 0.2) is 36.1 Å². The molecule has 3 aromatic rings. The summed E-state index contributed by atoms with van der Waals surface area (Å²) in [6.07, 6.45) is 7.97. The Bertz CT molecular complexity index is 705. The van der Waals surface area contributed by atoms with Crippen LogP contribution in [0.25, 0.3) is 5.65 Å². The number of imidazole rings is 1. The molecule has 0 unspecified atom stereocenters. The third kappa shape index (κ3) is 2.06. The predicted molar refractivity (Wildman–Crippen MR) is 79.3 cm³/mol. The Morgan fingerprint density at radius 2 is 2.20 bits per heavy atom. The Hall–Kier alpha value is -1.95. The molecule has 1 aliphatic heterocycles. The first-order valence-corrected chi connectivity index (χ1v) is 7.73. The number of anilines is 1. The van der Waals surface area contributed by atoms with E-state index >= 15 is 0 Å². The summed E-state index contributed by atoms with van der Waals surface area (Å²) < 4.78 is 1.84. The van der Waals surface area contributed by atoms with Crippen molar-refractivity contribution in [3.63, 3.8) is 0 Å². The Labute approximate surface area is 120 Å². The fourth-order valence-corrected chi connectivity index (χ4v) is 3.56. The van der Waals surface area contributed by atoms with Crippen molar-refractivity contribution in [1.29, 1.82) is 0 Å². The fraction of sp³-hybridized carbons (Fsp3) is 0.357. The highest BCUT2D eigenvalue weighted by Gasteiger charge is 2.24. The Morgan fingerprint density at radius 3 is 3.10 bits per heavy atom. The second-order valence-corrected chi connectivity index (χ2v) is 6.00. The minimum atomic E-state index is 0.532. The van der Waals surface area contributed by atoms with Crippen molar-refractivity contribution in [1.82, 2.24) is 19.6 Å². The first-order valence-electron chi connectivity index (χ1n) is 6.85. The van der Waals surface area contributed by atoms with Crippen LogP contribution in [0.1, 0.15) is 23.8 Å². The van der Waals surface area contributed by atoms with Crippen LogP contribution in [0.5, 0.6) is 0 Å². The molecule has 6 heteroatoms. The van der Waals surface area contributed by atoms with E-state index in [9.17, 15) is 0 Å². The van der Waals surface area contributed by atoms with Crippen LogP contribution in [0.2, 0.25) is 0 Å². The van der Waals surface area contributed by atoms with Gasteiger partial charge in [-0.05, 0) is 25.0 Å². The average molecular weight is 285 g/mol. The van der Waals surface area contributed by atoms with E-state index in [2.05, 4.69) is 31.4 Å². The van der Waals surface area contributed by atoms with Gasteiger partial charge < -0.3 is 4.90 Å². The molecule has 0 aliphatic carbocycles. The number of thiazole rings is 1. The molecular weight excluding hydrogens is 270 g/mol. The largest absolute Gasteiger partial charge is 0.354 e. The Morgan fingerprint density at radius 1 is 1.20 bits per heavy atom. The Kier molecular flexibility index (Phi) is 2.88. The van der Waals surface area contributed by atoms with Crippen molar-refractivity contribution in [2.75, 3.05) is 18.0 Å². The van der Waals surface area contributed by atoms with E-state index in [1.54, 1.807) is 17.5 Å². The van der Waals surface area contributed by atoms with Crippen LogP contribution in [0.4, 0.5) is 5.82 Å². The van der Waals surface area contributed by atoms with Crippen molar-refractivity contribution in [3.05, 3.63) is 41.1 Å². The predicted octanol–water partition coefficient (Wildman–Crippen LogP) is 2.57. The summed E-state index contributed by atoms with van der Waals surface area (Å²) in [5, 5.41) is 7.95. The minimum absolute atomic E-state index is 0.532. The molecule has 1 atom stereocenters. The van der Waals surface area contributed by atoms with Gasteiger partial charge in [0.1, 0.15) is 5.82 Å². The lowest BCUT2D eigenvalue weighted by molar-refractivity contribution is 0.503. The maximum atomic E-state index is 4.64. The third-order valence-electron chi connectivity index (χ3n) is 3.79. The lowest BCUT2D eigenvalue weighted by atomic mass is 9.99. The minimum Gasteiger partial charge on any atom is -0.354 e. The first-order chi connectivity index (χ1) is 9.90. The maximum Gasteiger partial charge on any atom is 0.153 e. The average Bonchev–Trinajstić information content (AvgIpc) is 3.18. The van der Waals surface area contributed by atoms with Gasteiger partial charge in [0.05, 0.1) is 5.01 Å². The van der Waals surface area contributed by atoms with Crippen molar-refractivity contribution in [2.45, 2.75) is 18.8 Å². The molecule has 0 aromatic carbocycles. The molecule has 0 bridgehead atoms. The SMILES string of the molecule is c1csc([C@@H]2CCCN(c3ccc4nccn4n3)C2)n1. The van der Waals surface area contributed by atoms with Gasteiger partial charge in [-0.15, -0.1) is 16.4 Å². The molecule has 0 saturated carbocycles. The maximum absolute atomic E-state index is 4.64. The molecule has 1 aliphatic rings. The zero-order chi connectivity index (χ0) is 13.4. The van der Waals surface area contributed by atoms with Gasteiger partial charge in [-0.2, -0.15) is 0 Å². The van der Waals surface area contributed by atoms with Crippen molar-refractivity contribution in [3.8, 4) is 0 Å². The normalized spacial score (nSPS) is 19.6. The van der Waals surface area contributed by atoms with Gasteiger partial charge in [0.25, 0.3) is 0 Å². The second-order valence-electron chi connectivity index (χ2n) is 5.08. The lowest BCUT2D eigenvalue weighted by Crippen LogP contribution is -2.35. The van der Waals surface area contributed by atoms with Crippen molar-refractivity contribution in [2.24, 2.45) is 0 Å². The summed E-state index contributed by atoms with van der Waals surface area (Å²) in [6.45, 7) is 2.07. The quantitative estimate of drug-likeness (QED) is 0.726. The lowest BCUT2D eigenvalue weighted by Gasteiger charge is -2.32. The zero-order valence-electron chi connectivity index (χ0n) is 11.0. The van der Waals surface area contributed by atoms with E-state index in [1.165, 1.54) is 17.8 Å². The van der Waals surface area contributed by atoms with Gasteiger partial charge in [0, 0.05) is 43.0 Å². The Balaban J connectivity index is 1.61. The van der Waals surface area contributed by atoms with E-state index in [1.807, 2.05) is 23.0 Å². The van der Waals surface area contributed by atoms with Crippen LogP contribution in [0, 0.1) is 0 Å². The first kappa shape index (κ1) is 11.8. The molecular formula is C14H15N5S. The number of nitrogens with zero attached hydrogens (tertiary/aromatic N) is 5. The highest BCUT2D eigenvalue weighted by atomic mass is 32.1. The molecule has 5 nitrogen and oxygen atoms in total. The summed E-state index contributed by atoms with van der Waals surface area (Å²) in [6, 6.07) is 4.09. The second kappa shape index (κ2) is 4.86. The molecule has 0 spiro atoms. The number of aromatic nitrogens is 4. The van der Waals surface area contributed by atoms with Crippen LogP contribution in [0.3, 0.4) is 0 Å². The third-order valence-corrected chi connectivity index (χ3v) is 4.73. The number of piperidine rings is 1. The van der Waals surface area contributed by atoms with E-state index in [0.29, 0.717) is 5.92 Å². The monoisotopic (exact) mass is 285 g/mol. The molecule has 3 aromatic heterocycles. The molecule has 4 rings (SSSR count). The highest BCUT2D eigenvalue weighted by Crippen LogP contribution is 2.30. The molecule has 0 amide bonds. The molecule has 0 N–H and O–H groups in total. The van der Waals surface area contributed by atoms with Crippen LogP contribution >= 0.6 is 11.3 Å². The van der Waals surface area contributed by atoms with Gasteiger partial charge in [-0.1, -0.05) is 0 Å². The number of hydrogen-bond donors (Lipinski definition) is 0. The van der Waals surface area contributed by atoms with Crippen LogP contribution in [-0.2, 0) is 0 Å². The summed E-state index contributed by atoms with van der Waals surface area (Å²) in [4.78, 5) is 11.1. The number of hydrogen-bond acceptors (Lipinski definition) is 5. The van der Waals surface area contributed by atoms with Gasteiger partial charge in [0.15, 0.2) is 5.65 Å². The fourth-order valence-electron chi connectivity index (χ4n) is 2.80. The number of rotatable bonds is 2. The van der Waals surface area contributed by atoms with E-state index in [0.717, 1.165) is 24.6 Å². The smallest absolute Gasteiger partial charge is 0.153 e. The van der Waals surface area contributed by atoms with Crippen LogP contribution < -0.4 is 4.90 Å². The summed E-state index contributed by atoms with van der Waals surface area (Å²) >= 11 is 1.76. The van der Waals surface area contributed by atoms with Gasteiger partial charge in [-0.3, -0.25) is 0 Å². The summed E-state index contributed by atoms with van der Waals surface area (Å²) in [5.41, 5.74) is 0.891. The molecule has 1 fully saturated rings. The van der Waals surface area contributed by atoms with E-state index in [4.69, 9.17) is 0 Å². The topological polar surface area (TPSA) is 46.3 Å². The standard InChI is InChI=1S/C14H15N5S/c1-2-11(14-16-6-9-20-14)10-18(7-1)13-4-3-12-15-5-8-19(12)17-13/h3-6,8-9,11H,1-2,7,10H2/t11-/m1/s1. The summed E-state index contributed by atoms with van der Waals surface area (Å²) in [5.74, 6) is 1.56. The zero-order valence-corrected chi connectivity index (χ0v) is 11.8. The molecule has 1 saturated heterocycles. The highest BCUT2D eigenvalue weighted by molar-refractivity contribution is 7.09. The molecule has 102 valence electrons. The van der Waals surface area contributed by atoms with Gasteiger partial charge in [-0.25, -0.2) is 14.5 Å². The molecule has 0 radical (unpaired) electrons. The molecule has 20 heavy (non-hydrogen) atoms.